The van der Waals surface area contributed by atoms with Crippen LogP contribution >= 0.6 is 0 Å². The second-order valence-electron chi connectivity index (χ2n) is 4.77. The Morgan fingerprint density at radius 3 is 2.70 bits per heavy atom. The van der Waals surface area contributed by atoms with Crippen LogP contribution in [-0.2, 0) is 23.6 Å². The highest BCUT2D eigenvalue weighted by Gasteiger charge is 2.16. The molecule has 6 nitrogen and oxygen atoms in total. The van der Waals surface area contributed by atoms with Gasteiger partial charge in [-0.15, -0.1) is 0 Å². The molecule has 0 atom stereocenters. The van der Waals surface area contributed by atoms with E-state index in [2.05, 4.69) is 14.8 Å². The SMILES string of the molecule is CC(C)S(=O)(=O)NCc1cc(-c2ccccn2)n(C)n1. The van der Waals surface area contributed by atoms with Gasteiger partial charge in [-0.25, -0.2) is 13.1 Å². The summed E-state index contributed by atoms with van der Waals surface area (Å²) in [5, 5.41) is 3.84. The van der Waals surface area contributed by atoms with Crippen LogP contribution in [0.2, 0.25) is 0 Å². The molecule has 0 saturated carbocycles. The Morgan fingerprint density at radius 2 is 2.10 bits per heavy atom. The van der Waals surface area contributed by atoms with Crippen molar-refractivity contribution in [2.45, 2.75) is 25.6 Å². The first-order chi connectivity index (χ1) is 9.40. The molecule has 0 aliphatic heterocycles. The van der Waals surface area contributed by atoms with Gasteiger partial charge in [0.1, 0.15) is 0 Å². The molecule has 0 spiro atoms. The minimum Gasteiger partial charge on any atom is -0.266 e. The second-order valence-corrected chi connectivity index (χ2v) is 7.10. The lowest BCUT2D eigenvalue weighted by Crippen LogP contribution is -2.30. The van der Waals surface area contributed by atoms with E-state index in [1.165, 1.54) is 0 Å². The summed E-state index contributed by atoms with van der Waals surface area (Å²) in [4.78, 5) is 4.26. The van der Waals surface area contributed by atoms with Crippen molar-refractivity contribution in [3.63, 3.8) is 0 Å². The fraction of sp³-hybridized carbons (Fsp3) is 0.385. The van der Waals surface area contributed by atoms with Crippen molar-refractivity contribution >= 4 is 10.0 Å². The summed E-state index contributed by atoms with van der Waals surface area (Å²) in [7, 11) is -1.47. The highest BCUT2D eigenvalue weighted by Crippen LogP contribution is 2.17. The number of hydrogen-bond acceptors (Lipinski definition) is 4. The van der Waals surface area contributed by atoms with E-state index in [4.69, 9.17) is 0 Å². The topological polar surface area (TPSA) is 76.9 Å². The average Bonchev–Trinajstić information content (AvgIpc) is 2.79. The van der Waals surface area contributed by atoms with Crippen LogP contribution in [0.1, 0.15) is 19.5 Å². The number of hydrogen-bond donors (Lipinski definition) is 1. The molecule has 0 aromatic carbocycles. The van der Waals surface area contributed by atoms with Crippen LogP contribution in [0.3, 0.4) is 0 Å². The van der Waals surface area contributed by atoms with Gasteiger partial charge in [-0.05, 0) is 32.0 Å². The van der Waals surface area contributed by atoms with Gasteiger partial charge in [-0.2, -0.15) is 5.10 Å². The number of nitrogens with one attached hydrogen (secondary N) is 1. The van der Waals surface area contributed by atoms with Gasteiger partial charge in [0.25, 0.3) is 0 Å². The molecule has 0 fully saturated rings. The molecule has 2 heterocycles. The summed E-state index contributed by atoms with van der Waals surface area (Å²) in [6.07, 6.45) is 1.71. The van der Waals surface area contributed by atoms with E-state index in [1.54, 1.807) is 24.7 Å². The third kappa shape index (κ3) is 3.23. The van der Waals surface area contributed by atoms with Gasteiger partial charge in [0.05, 0.1) is 28.9 Å². The summed E-state index contributed by atoms with van der Waals surface area (Å²) in [6, 6.07) is 7.47. The van der Waals surface area contributed by atoms with Crippen molar-refractivity contribution in [2.24, 2.45) is 7.05 Å². The van der Waals surface area contributed by atoms with Crippen molar-refractivity contribution in [1.82, 2.24) is 19.5 Å². The third-order valence-corrected chi connectivity index (χ3v) is 4.72. The van der Waals surface area contributed by atoms with Crippen LogP contribution in [-0.4, -0.2) is 28.4 Å². The van der Waals surface area contributed by atoms with E-state index < -0.39 is 15.3 Å². The monoisotopic (exact) mass is 294 g/mol. The van der Waals surface area contributed by atoms with E-state index in [0.29, 0.717) is 5.69 Å². The number of rotatable bonds is 5. The fourth-order valence-electron chi connectivity index (χ4n) is 1.71. The molecule has 2 aromatic rings. The molecule has 0 bridgehead atoms. The summed E-state index contributed by atoms with van der Waals surface area (Å²) >= 11 is 0. The van der Waals surface area contributed by atoms with Crippen molar-refractivity contribution in [3.05, 3.63) is 36.2 Å². The molecule has 108 valence electrons. The number of pyridine rings is 1. The zero-order chi connectivity index (χ0) is 14.8. The van der Waals surface area contributed by atoms with Crippen molar-refractivity contribution in [2.75, 3.05) is 0 Å². The summed E-state index contributed by atoms with van der Waals surface area (Å²) in [5.41, 5.74) is 2.32. The molecule has 0 aliphatic carbocycles. The maximum Gasteiger partial charge on any atom is 0.214 e. The van der Waals surface area contributed by atoms with E-state index in [-0.39, 0.29) is 6.54 Å². The molecular weight excluding hydrogens is 276 g/mol. The molecule has 0 unspecified atom stereocenters. The van der Waals surface area contributed by atoms with Crippen molar-refractivity contribution in [3.8, 4) is 11.4 Å². The molecule has 0 saturated heterocycles. The van der Waals surface area contributed by atoms with Crippen molar-refractivity contribution in [1.29, 1.82) is 0 Å². The highest BCUT2D eigenvalue weighted by atomic mass is 32.2. The maximum atomic E-state index is 11.7. The van der Waals surface area contributed by atoms with Crippen LogP contribution in [0.15, 0.2) is 30.5 Å². The van der Waals surface area contributed by atoms with Gasteiger partial charge in [-0.1, -0.05) is 6.07 Å². The normalized spacial score (nSPS) is 12.0. The number of nitrogens with zero attached hydrogens (tertiary/aromatic N) is 3. The largest absolute Gasteiger partial charge is 0.266 e. The lowest BCUT2D eigenvalue weighted by Gasteiger charge is -2.07. The van der Waals surface area contributed by atoms with E-state index >= 15 is 0 Å². The zero-order valence-corrected chi connectivity index (χ0v) is 12.6. The van der Waals surface area contributed by atoms with Gasteiger partial charge in [0.15, 0.2) is 0 Å². The zero-order valence-electron chi connectivity index (χ0n) is 11.7. The van der Waals surface area contributed by atoms with Crippen molar-refractivity contribution < 1.29 is 8.42 Å². The molecular formula is C13H18N4O2S. The van der Waals surface area contributed by atoms with Crippen LogP contribution in [0, 0.1) is 0 Å². The number of aromatic nitrogens is 3. The lowest BCUT2D eigenvalue weighted by atomic mass is 10.2. The smallest absolute Gasteiger partial charge is 0.214 e. The van der Waals surface area contributed by atoms with Gasteiger partial charge in [0, 0.05) is 13.2 Å². The molecule has 2 aromatic heterocycles. The van der Waals surface area contributed by atoms with Crippen LogP contribution in [0.5, 0.6) is 0 Å². The second kappa shape index (κ2) is 5.72. The first-order valence-corrected chi connectivity index (χ1v) is 7.87. The van der Waals surface area contributed by atoms with Gasteiger partial charge in [0.2, 0.25) is 10.0 Å². The summed E-state index contributed by atoms with van der Waals surface area (Å²) in [5.74, 6) is 0. The summed E-state index contributed by atoms with van der Waals surface area (Å²) in [6.45, 7) is 3.46. The summed E-state index contributed by atoms with van der Waals surface area (Å²) < 4.78 is 27.7. The molecule has 0 aliphatic rings. The molecule has 0 amide bonds. The Balaban J connectivity index is 2.17. The van der Waals surface area contributed by atoms with Crippen LogP contribution in [0.25, 0.3) is 11.4 Å². The van der Waals surface area contributed by atoms with Gasteiger partial charge < -0.3 is 0 Å². The Kier molecular flexibility index (Phi) is 4.20. The van der Waals surface area contributed by atoms with Gasteiger partial charge >= 0.3 is 0 Å². The van der Waals surface area contributed by atoms with Gasteiger partial charge in [-0.3, -0.25) is 9.67 Å². The van der Waals surface area contributed by atoms with Crippen LogP contribution < -0.4 is 4.72 Å². The minimum atomic E-state index is -3.28. The van der Waals surface area contributed by atoms with E-state index in [0.717, 1.165) is 11.4 Å². The molecule has 1 N–H and O–H groups in total. The first-order valence-electron chi connectivity index (χ1n) is 6.33. The average molecular weight is 294 g/mol. The molecule has 7 heteroatoms. The Hall–Kier alpha value is -1.73. The number of sulfonamides is 1. The Labute approximate surface area is 118 Å². The molecule has 2 rings (SSSR count). The van der Waals surface area contributed by atoms with E-state index in [1.807, 2.05) is 31.3 Å². The lowest BCUT2D eigenvalue weighted by molar-refractivity contribution is 0.570. The van der Waals surface area contributed by atoms with Crippen LogP contribution in [0.4, 0.5) is 0 Å². The van der Waals surface area contributed by atoms with E-state index in [9.17, 15) is 8.42 Å². The molecule has 0 radical (unpaired) electrons. The Bertz CT molecular complexity index is 678. The quantitative estimate of drug-likeness (QED) is 0.902. The fourth-order valence-corrected chi connectivity index (χ4v) is 2.39. The first kappa shape index (κ1) is 14.7. The number of aryl methyl sites for hydroxylation is 1. The molecule has 20 heavy (non-hydrogen) atoms. The standard InChI is InChI=1S/C13H18N4O2S/c1-10(2)20(18,19)15-9-11-8-13(17(3)16-11)12-6-4-5-7-14-12/h4-8,10,15H,9H2,1-3H3. The predicted octanol–water partition coefficient (Wildman–Crippen LogP) is 1.31. The minimum absolute atomic E-state index is 0.182. The Morgan fingerprint density at radius 1 is 1.35 bits per heavy atom. The third-order valence-electron chi connectivity index (χ3n) is 2.93. The maximum absolute atomic E-state index is 11.7. The highest BCUT2D eigenvalue weighted by molar-refractivity contribution is 7.90. The predicted molar refractivity (Wildman–Crippen MR) is 77.3 cm³/mol.